The zero-order valence-corrected chi connectivity index (χ0v) is 17.4. The second kappa shape index (κ2) is 8.95. The molecule has 0 radical (unpaired) electrons. The van der Waals surface area contributed by atoms with Crippen molar-refractivity contribution < 1.29 is 18.4 Å². The Bertz CT molecular complexity index is 937. The Labute approximate surface area is 179 Å². The lowest BCUT2D eigenvalue weighted by Gasteiger charge is -2.39. The number of halogens is 2. The second-order valence-corrected chi connectivity index (χ2v) is 8.17. The molecule has 0 unspecified atom stereocenters. The smallest absolute Gasteiger partial charge is 0.323 e. The largest absolute Gasteiger partial charge is 0.342 e. The number of hydrogen-bond donors (Lipinski definition) is 1. The Morgan fingerprint density at radius 1 is 1.03 bits per heavy atom. The summed E-state index contributed by atoms with van der Waals surface area (Å²) in [6, 6.07) is 2.84. The predicted molar refractivity (Wildman–Crippen MR) is 111 cm³/mol. The molecule has 31 heavy (non-hydrogen) atoms. The van der Waals surface area contributed by atoms with E-state index in [9.17, 15) is 18.4 Å². The molecule has 2 aromatic rings. The summed E-state index contributed by atoms with van der Waals surface area (Å²) in [6.07, 6.45) is 7.30. The van der Waals surface area contributed by atoms with Gasteiger partial charge in [-0.3, -0.25) is 15.1 Å². The fraction of sp³-hybridized carbons (Fsp3) is 0.455. The molecule has 1 saturated carbocycles. The molecule has 1 N–H and O–H groups in total. The van der Waals surface area contributed by atoms with E-state index in [2.05, 4.69) is 15.3 Å². The third-order valence-electron chi connectivity index (χ3n) is 6.14. The molecule has 164 valence electrons. The van der Waals surface area contributed by atoms with Crippen LogP contribution in [0.5, 0.6) is 0 Å². The van der Waals surface area contributed by atoms with Crippen LogP contribution in [0.25, 0.3) is 11.3 Å². The first kappa shape index (κ1) is 21.1. The summed E-state index contributed by atoms with van der Waals surface area (Å²) >= 11 is 0. The highest BCUT2D eigenvalue weighted by Crippen LogP contribution is 2.29. The van der Waals surface area contributed by atoms with Crippen molar-refractivity contribution in [2.24, 2.45) is 5.92 Å². The molecule has 2 aliphatic rings. The van der Waals surface area contributed by atoms with Gasteiger partial charge in [0.1, 0.15) is 11.6 Å². The quantitative estimate of drug-likeness (QED) is 0.804. The van der Waals surface area contributed by atoms with Gasteiger partial charge in [-0.05, 0) is 37.8 Å². The average molecular weight is 429 g/mol. The molecule has 4 rings (SSSR count). The summed E-state index contributed by atoms with van der Waals surface area (Å²) in [5.74, 6) is -0.698. The highest BCUT2D eigenvalue weighted by atomic mass is 19.1. The highest BCUT2D eigenvalue weighted by molar-refractivity contribution is 5.88. The van der Waals surface area contributed by atoms with Gasteiger partial charge in [-0.15, -0.1) is 0 Å². The minimum atomic E-state index is -0.698. The van der Waals surface area contributed by atoms with Gasteiger partial charge >= 0.3 is 6.03 Å². The number of hydrogen-bond acceptors (Lipinski definition) is 4. The fourth-order valence-electron chi connectivity index (χ4n) is 3.99. The van der Waals surface area contributed by atoms with Gasteiger partial charge in [-0.25, -0.2) is 18.6 Å². The summed E-state index contributed by atoms with van der Waals surface area (Å²) in [7, 11) is 1.72. The third kappa shape index (κ3) is 4.81. The SMILES string of the molecule is CN(C(=O)Nc1cnc(-c2cc(F)cc(F)c2)cn1)C1CCN(C(=O)C2CCC2)CC1. The molecule has 2 heterocycles. The van der Waals surface area contributed by atoms with Crippen molar-refractivity contribution in [1.29, 1.82) is 0 Å². The molecule has 1 aromatic carbocycles. The lowest BCUT2D eigenvalue weighted by Crippen LogP contribution is -2.50. The van der Waals surface area contributed by atoms with E-state index in [0.29, 0.717) is 18.8 Å². The van der Waals surface area contributed by atoms with Gasteiger partial charge in [0.25, 0.3) is 0 Å². The zero-order valence-electron chi connectivity index (χ0n) is 17.4. The maximum atomic E-state index is 13.4. The van der Waals surface area contributed by atoms with E-state index in [4.69, 9.17) is 0 Å². The maximum absolute atomic E-state index is 13.4. The summed E-state index contributed by atoms with van der Waals surface area (Å²) < 4.78 is 26.8. The van der Waals surface area contributed by atoms with Gasteiger partial charge in [-0.2, -0.15) is 0 Å². The number of aromatic nitrogens is 2. The first-order valence-corrected chi connectivity index (χ1v) is 10.5. The van der Waals surface area contributed by atoms with Crippen molar-refractivity contribution >= 4 is 17.8 Å². The van der Waals surface area contributed by atoms with Crippen LogP contribution in [0.1, 0.15) is 32.1 Å². The van der Waals surface area contributed by atoms with Crippen LogP contribution in [0.3, 0.4) is 0 Å². The number of benzene rings is 1. The van der Waals surface area contributed by atoms with Crippen LogP contribution in [-0.2, 0) is 4.79 Å². The number of carbonyl (C=O) groups is 2. The van der Waals surface area contributed by atoms with Gasteiger partial charge < -0.3 is 9.80 Å². The molecule has 1 aliphatic carbocycles. The van der Waals surface area contributed by atoms with Crippen molar-refractivity contribution in [3.05, 3.63) is 42.2 Å². The minimum Gasteiger partial charge on any atom is -0.342 e. The zero-order chi connectivity index (χ0) is 22.0. The van der Waals surface area contributed by atoms with Gasteiger partial charge in [0.2, 0.25) is 5.91 Å². The predicted octanol–water partition coefficient (Wildman–Crippen LogP) is 3.68. The Morgan fingerprint density at radius 3 is 2.26 bits per heavy atom. The minimum absolute atomic E-state index is 0.0351. The second-order valence-electron chi connectivity index (χ2n) is 8.17. The molecule has 2 fully saturated rings. The topological polar surface area (TPSA) is 78.4 Å². The van der Waals surface area contributed by atoms with Crippen molar-refractivity contribution in [3.63, 3.8) is 0 Å². The molecular formula is C22H25F2N5O2. The van der Waals surface area contributed by atoms with Gasteiger partial charge in [0, 0.05) is 43.7 Å². The highest BCUT2D eigenvalue weighted by Gasteiger charge is 2.33. The molecule has 1 saturated heterocycles. The summed E-state index contributed by atoms with van der Waals surface area (Å²) in [5, 5.41) is 2.70. The Balaban J connectivity index is 1.31. The number of amides is 3. The first-order chi connectivity index (χ1) is 14.9. The van der Waals surface area contributed by atoms with E-state index in [-0.39, 0.29) is 35.3 Å². The molecule has 0 spiro atoms. The van der Waals surface area contributed by atoms with Crippen molar-refractivity contribution in [1.82, 2.24) is 19.8 Å². The number of piperidine rings is 1. The van der Waals surface area contributed by atoms with Crippen molar-refractivity contribution in [2.45, 2.75) is 38.1 Å². The molecule has 0 atom stereocenters. The van der Waals surface area contributed by atoms with Crippen LogP contribution in [0.15, 0.2) is 30.6 Å². The number of anilines is 1. The van der Waals surface area contributed by atoms with E-state index in [0.717, 1.165) is 38.2 Å². The average Bonchev–Trinajstić information content (AvgIpc) is 2.72. The van der Waals surface area contributed by atoms with Crippen LogP contribution in [0.2, 0.25) is 0 Å². The summed E-state index contributed by atoms with van der Waals surface area (Å²) in [4.78, 5) is 36.8. The third-order valence-corrected chi connectivity index (χ3v) is 6.14. The fourth-order valence-corrected chi connectivity index (χ4v) is 3.99. The normalized spacial score (nSPS) is 17.2. The monoisotopic (exact) mass is 429 g/mol. The van der Waals surface area contributed by atoms with E-state index in [1.165, 1.54) is 24.5 Å². The molecule has 7 nitrogen and oxygen atoms in total. The number of likely N-dealkylation sites (tertiary alicyclic amines) is 1. The molecule has 1 aromatic heterocycles. The Kier molecular flexibility index (Phi) is 6.11. The number of rotatable bonds is 4. The lowest BCUT2D eigenvalue weighted by atomic mass is 9.84. The summed E-state index contributed by atoms with van der Waals surface area (Å²) in [5.41, 5.74) is 0.566. The number of carbonyl (C=O) groups excluding carboxylic acids is 2. The maximum Gasteiger partial charge on any atom is 0.323 e. The molecule has 1 aliphatic heterocycles. The van der Waals surface area contributed by atoms with Crippen LogP contribution >= 0.6 is 0 Å². The van der Waals surface area contributed by atoms with E-state index >= 15 is 0 Å². The van der Waals surface area contributed by atoms with Crippen LogP contribution in [0, 0.1) is 17.6 Å². The van der Waals surface area contributed by atoms with Gasteiger partial charge in [-0.1, -0.05) is 6.42 Å². The number of nitrogens with zero attached hydrogens (tertiary/aromatic N) is 4. The standard InChI is InChI=1S/C22H25F2N5O2/c1-28(18-5-7-29(8-6-18)21(30)14-3-2-4-14)22(31)27-20-13-25-19(12-26-20)15-9-16(23)11-17(24)10-15/h9-14,18H,2-8H2,1H3,(H,26,27,31). The van der Waals surface area contributed by atoms with E-state index < -0.39 is 11.6 Å². The molecule has 3 amide bonds. The summed E-state index contributed by atoms with van der Waals surface area (Å²) in [6.45, 7) is 1.33. The molecule has 0 bridgehead atoms. The molecular weight excluding hydrogens is 404 g/mol. The van der Waals surface area contributed by atoms with Crippen molar-refractivity contribution in [3.8, 4) is 11.3 Å². The first-order valence-electron chi connectivity index (χ1n) is 10.5. The van der Waals surface area contributed by atoms with Crippen molar-refractivity contribution in [2.75, 3.05) is 25.5 Å². The van der Waals surface area contributed by atoms with Gasteiger partial charge in [0.05, 0.1) is 18.1 Å². The Hall–Kier alpha value is -3.10. The van der Waals surface area contributed by atoms with Gasteiger partial charge in [0.15, 0.2) is 5.82 Å². The number of urea groups is 1. The number of nitrogens with one attached hydrogen (secondary N) is 1. The van der Waals surface area contributed by atoms with E-state index in [1.807, 2.05) is 4.90 Å². The van der Waals surface area contributed by atoms with E-state index in [1.54, 1.807) is 11.9 Å². The van der Waals surface area contributed by atoms with Crippen LogP contribution in [0.4, 0.5) is 19.4 Å². The Morgan fingerprint density at radius 2 is 1.71 bits per heavy atom. The van der Waals surface area contributed by atoms with Crippen LogP contribution in [-0.4, -0.2) is 57.9 Å². The molecule has 9 heteroatoms. The van der Waals surface area contributed by atoms with Crippen LogP contribution < -0.4 is 5.32 Å². The lowest BCUT2D eigenvalue weighted by molar-refractivity contribution is -0.139.